The molecule has 4 fully saturated rings. The van der Waals surface area contributed by atoms with Crippen LogP contribution < -0.4 is 0 Å². The molecular formula is C44H62O13. The highest BCUT2D eigenvalue weighted by molar-refractivity contribution is 5.91. The highest BCUT2D eigenvalue weighted by Crippen LogP contribution is 2.47. The molecule has 57 heavy (non-hydrogen) atoms. The second-order valence-corrected chi connectivity index (χ2v) is 14.9. The van der Waals surface area contributed by atoms with Crippen LogP contribution >= 0.6 is 0 Å². The molecule has 4 aliphatic rings. The van der Waals surface area contributed by atoms with Crippen molar-refractivity contribution in [1.82, 2.24) is 0 Å². The molecule has 2 aromatic carbocycles. The van der Waals surface area contributed by atoms with Crippen molar-refractivity contribution in [3.05, 3.63) is 83.9 Å². The first-order valence-electron chi connectivity index (χ1n) is 19.5. The maximum absolute atomic E-state index is 12.1. The van der Waals surface area contributed by atoms with E-state index in [4.69, 9.17) is 23.7 Å². The van der Waals surface area contributed by atoms with E-state index in [-0.39, 0.29) is 31.1 Å². The van der Waals surface area contributed by atoms with Gasteiger partial charge in [0.25, 0.3) is 0 Å². The van der Waals surface area contributed by atoms with Crippen LogP contribution in [0.3, 0.4) is 0 Å². The monoisotopic (exact) mass is 798 g/mol. The molecule has 0 radical (unpaired) electrons. The van der Waals surface area contributed by atoms with E-state index in [9.17, 15) is 39.6 Å². The molecule has 2 aromatic rings. The molecule has 2 saturated carbocycles. The van der Waals surface area contributed by atoms with Gasteiger partial charge in [0.15, 0.2) is 17.2 Å². The first kappa shape index (κ1) is 48.9. The van der Waals surface area contributed by atoms with Crippen LogP contribution in [-0.2, 0) is 42.9 Å². The summed E-state index contributed by atoms with van der Waals surface area (Å²) < 4.78 is 27.6. The topological polar surface area (TPSA) is 195 Å². The Labute approximate surface area is 336 Å². The Morgan fingerprint density at radius 1 is 0.719 bits per heavy atom. The molecule has 8 unspecified atom stereocenters. The number of aliphatic hydroxyl groups is 3. The van der Waals surface area contributed by atoms with Crippen molar-refractivity contribution in [2.45, 2.75) is 149 Å². The summed E-state index contributed by atoms with van der Waals surface area (Å²) in [5.41, 5.74) is -0.493. The zero-order chi connectivity index (χ0) is 43.2. The lowest BCUT2D eigenvalue weighted by Crippen LogP contribution is -2.54. The molecular weight excluding hydrogens is 736 g/mol. The molecule has 4 N–H and O–H groups in total. The van der Waals surface area contributed by atoms with Gasteiger partial charge in [0.2, 0.25) is 5.79 Å². The molecule has 316 valence electrons. The Morgan fingerprint density at radius 2 is 1.25 bits per heavy atom. The maximum Gasteiger partial charge on any atom is 0.341 e. The van der Waals surface area contributed by atoms with Crippen LogP contribution in [0, 0.1) is 5.41 Å². The van der Waals surface area contributed by atoms with E-state index in [0.29, 0.717) is 6.42 Å². The number of carboxylic acid groups (broad SMARTS) is 1. The number of carboxylic acids is 1. The van der Waals surface area contributed by atoms with E-state index >= 15 is 0 Å². The second kappa shape index (κ2) is 21.5. The molecule has 0 amide bonds. The number of ether oxygens (including phenoxy) is 5. The van der Waals surface area contributed by atoms with Crippen molar-refractivity contribution in [2.24, 2.45) is 5.41 Å². The van der Waals surface area contributed by atoms with Crippen LogP contribution in [-0.4, -0.2) is 97.9 Å². The van der Waals surface area contributed by atoms with Gasteiger partial charge in [-0.2, -0.15) is 0 Å². The van der Waals surface area contributed by atoms with Crippen molar-refractivity contribution >= 4 is 35.8 Å². The maximum atomic E-state index is 12.1. The molecule has 2 aliphatic carbocycles. The Balaban J connectivity index is 0.000000297. The van der Waals surface area contributed by atoms with Crippen molar-refractivity contribution in [1.29, 1.82) is 0 Å². The van der Waals surface area contributed by atoms with E-state index in [1.54, 1.807) is 46.8 Å². The largest absolute Gasteiger partial charge is 0.481 e. The number of carbonyl (C=O) groups excluding carboxylic acids is 3. The van der Waals surface area contributed by atoms with Gasteiger partial charge in [0.1, 0.15) is 18.3 Å². The molecule has 2 saturated heterocycles. The van der Waals surface area contributed by atoms with Crippen molar-refractivity contribution in [3.63, 3.8) is 0 Å². The number of allylic oxidation sites excluding steroid dienone is 1. The standard InChI is InChI=1S/C17H20O6.C13H20O6.C10H10O.2C2H6/c1-17(16(21)22)9-12(18)15(20)13(10-17)23-14(19)8-7-11-5-3-2-4-6-11;1-11(2)16-8-6-13(5-7(14)9(8)17-11)10(15)18-12(3,4)19-13;1-9(11)7-8-10-5-3-2-4-6-10;2*1-2/h2-8,12-13,15,18,20H,9-10H2,1H3,(H,21,22);7-9,14H,5-6H2,1-4H3;2-8H,1H3;2*1-2H3/b8-7+;;8-7+;;. The lowest BCUT2D eigenvalue weighted by atomic mass is 9.72. The number of hydrogen-bond acceptors (Lipinski definition) is 12. The number of ketones is 1. The molecule has 13 nitrogen and oxygen atoms in total. The van der Waals surface area contributed by atoms with Gasteiger partial charge in [-0.05, 0) is 57.4 Å². The fraction of sp³-hybridized carbons (Fsp3) is 0.545. The molecule has 2 aliphatic heterocycles. The molecule has 0 bridgehead atoms. The van der Waals surface area contributed by atoms with Crippen LogP contribution in [0.2, 0.25) is 0 Å². The van der Waals surface area contributed by atoms with Gasteiger partial charge in [-0.15, -0.1) is 0 Å². The van der Waals surface area contributed by atoms with Gasteiger partial charge in [0, 0.05) is 39.2 Å². The zero-order valence-electron chi connectivity index (χ0n) is 34.8. The minimum atomic E-state index is -1.29. The third-order valence-electron chi connectivity index (χ3n) is 9.21. The van der Waals surface area contributed by atoms with Crippen LogP contribution in [0.1, 0.15) is 106 Å². The van der Waals surface area contributed by atoms with Gasteiger partial charge in [-0.1, -0.05) is 94.4 Å². The lowest BCUT2D eigenvalue weighted by molar-refractivity contribution is -0.188. The lowest BCUT2D eigenvalue weighted by Gasteiger charge is -2.40. The number of carbonyl (C=O) groups is 4. The Morgan fingerprint density at radius 3 is 1.72 bits per heavy atom. The third-order valence-corrected chi connectivity index (χ3v) is 9.21. The highest BCUT2D eigenvalue weighted by atomic mass is 16.8. The summed E-state index contributed by atoms with van der Waals surface area (Å²) >= 11 is 0. The predicted molar refractivity (Wildman–Crippen MR) is 214 cm³/mol. The summed E-state index contributed by atoms with van der Waals surface area (Å²) in [5.74, 6) is -3.85. The number of benzene rings is 2. The summed E-state index contributed by atoms with van der Waals surface area (Å²) in [5, 5.41) is 39.3. The van der Waals surface area contributed by atoms with E-state index in [1.807, 2.05) is 94.4 Å². The summed E-state index contributed by atoms with van der Waals surface area (Å²) in [7, 11) is 0. The average molecular weight is 799 g/mol. The minimum absolute atomic E-state index is 0.0501. The molecule has 0 aromatic heterocycles. The summed E-state index contributed by atoms with van der Waals surface area (Å²) in [4.78, 5) is 45.8. The number of aliphatic hydroxyl groups excluding tert-OH is 3. The van der Waals surface area contributed by atoms with Gasteiger partial charge in [-0.3, -0.25) is 9.59 Å². The predicted octanol–water partition coefficient (Wildman–Crippen LogP) is 6.27. The minimum Gasteiger partial charge on any atom is -0.481 e. The van der Waals surface area contributed by atoms with Crippen molar-refractivity contribution in [3.8, 4) is 0 Å². The molecule has 1 spiro atoms. The summed E-state index contributed by atoms with van der Waals surface area (Å²) in [6.45, 7) is 18.0. The van der Waals surface area contributed by atoms with Crippen molar-refractivity contribution in [2.75, 3.05) is 0 Å². The highest BCUT2D eigenvalue weighted by Gasteiger charge is 2.63. The van der Waals surface area contributed by atoms with Crippen LogP contribution in [0.15, 0.2) is 72.8 Å². The Hall–Kier alpha value is -4.24. The fourth-order valence-corrected chi connectivity index (χ4v) is 6.77. The summed E-state index contributed by atoms with van der Waals surface area (Å²) in [6, 6.07) is 18.9. The molecule has 8 atom stereocenters. The quantitative estimate of drug-likeness (QED) is 0.189. The Kier molecular flexibility index (Phi) is 18.4. The number of hydrogen-bond donors (Lipinski definition) is 4. The summed E-state index contributed by atoms with van der Waals surface area (Å²) in [6.07, 6.45) is 1.34. The zero-order valence-corrected chi connectivity index (χ0v) is 34.8. The number of esters is 2. The van der Waals surface area contributed by atoms with Crippen molar-refractivity contribution < 1.29 is 63.3 Å². The number of aliphatic carboxylic acids is 1. The fourth-order valence-electron chi connectivity index (χ4n) is 6.77. The number of cyclic esters (lactones) is 1. The van der Waals surface area contributed by atoms with Gasteiger partial charge in [0.05, 0.1) is 23.7 Å². The smallest absolute Gasteiger partial charge is 0.341 e. The number of fused-ring (bicyclic) bond motifs is 1. The second-order valence-electron chi connectivity index (χ2n) is 14.9. The first-order valence-corrected chi connectivity index (χ1v) is 19.5. The number of rotatable bonds is 6. The van der Waals surface area contributed by atoms with Crippen LogP contribution in [0.25, 0.3) is 12.2 Å². The molecule has 2 heterocycles. The average Bonchev–Trinajstić information content (AvgIpc) is 3.60. The molecule has 6 rings (SSSR count). The van der Waals surface area contributed by atoms with E-state index in [1.165, 1.54) is 13.0 Å². The molecule has 13 heteroatoms. The van der Waals surface area contributed by atoms with E-state index < -0.39 is 71.0 Å². The van der Waals surface area contributed by atoms with Gasteiger partial charge < -0.3 is 44.1 Å². The Bertz CT molecular complexity index is 1650. The van der Waals surface area contributed by atoms with Crippen LogP contribution in [0.4, 0.5) is 0 Å². The van der Waals surface area contributed by atoms with Gasteiger partial charge >= 0.3 is 17.9 Å². The third kappa shape index (κ3) is 14.3. The van der Waals surface area contributed by atoms with E-state index in [0.717, 1.165) is 11.1 Å². The normalized spacial score (nSPS) is 30.4. The SMILES string of the molecule is CC.CC.CC(=O)/C=C/c1ccccc1.CC1(C(=O)O)CC(O)C(O)C(OC(=O)/C=C/c2ccccc2)C1.CC1(C)OC2CC3(CC(O)C2O1)OC(C)(C)OC3=O. The van der Waals surface area contributed by atoms with Gasteiger partial charge in [-0.25, -0.2) is 9.59 Å². The van der Waals surface area contributed by atoms with Crippen LogP contribution in [0.5, 0.6) is 0 Å². The first-order chi connectivity index (χ1) is 26.7. The van der Waals surface area contributed by atoms with E-state index in [2.05, 4.69) is 0 Å².